The van der Waals surface area contributed by atoms with E-state index in [2.05, 4.69) is 53.5 Å². The largest absolute Gasteiger partial charge is 0.493 e. The van der Waals surface area contributed by atoms with Gasteiger partial charge in [-0.05, 0) is 54.5 Å². The molecule has 1 fully saturated rings. The fourth-order valence-corrected chi connectivity index (χ4v) is 4.04. The van der Waals surface area contributed by atoms with Gasteiger partial charge < -0.3 is 19.9 Å². The van der Waals surface area contributed by atoms with Crippen LogP contribution in [0.2, 0.25) is 0 Å². The molecule has 2 aromatic carbocycles. The van der Waals surface area contributed by atoms with Gasteiger partial charge in [-0.1, -0.05) is 18.2 Å². The Bertz CT molecular complexity index is 800. The van der Waals surface area contributed by atoms with Crippen LogP contribution in [0.4, 0.5) is 5.69 Å². The number of thiocarbonyl (C=S) groups is 1. The number of para-hydroxylation sites is 1. The second-order valence-corrected chi connectivity index (χ2v) is 7.59. The molecule has 2 aromatic rings. The van der Waals surface area contributed by atoms with Crippen LogP contribution in [0.15, 0.2) is 42.5 Å². The summed E-state index contributed by atoms with van der Waals surface area (Å²) in [5.74, 6) is 1.07. The number of benzene rings is 2. The molecule has 0 aliphatic carbocycles. The van der Waals surface area contributed by atoms with E-state index in [0.29, 0.717) is 0 Å². The minimum Gasteiger partial charge on any atom is -0.493 e. The zero-order chi connectivity index (χ0) is 17.9. The smallest absolute Gasteiger partial charge is 0.173 e. The molecular formula is C21H26N3OS+. The van der Waals surface area contributed by atoms with Gasteiger partial charge in [-0.25, -0.2) is 0 Å². The summed E-state index contributed by atoms with van der Waals surface area (Å²) in [6.07, 6.45) is 1.05. The first-order valence-corrected chi connectivity index (χ1v) is 9.79. The highest BCUT2D eigenvalue weighted by atomic mass is 32.1. The summed E-state index contributed by atoms with van der Waals surface area (Å²) in [5, 5.41) is 4.25. The molecule has 0 unspecified atom stereocenters. The average molecular weight is 369 g/mol. The van der Waals surface area contributed by atoms with Crippen LogP contribution in [-0.2, 0) is 13.0 Å². The van der Waals surface area contributed by atoms with Crippen LogP contribution in [0.25, 0.3) is 0 Å². The molecule has 0 amide bonds. The highest BCUT2D eigenvalue weighted by Crippen LogP contribution is 2.25. The minimum atomic E-state index is 0.829. The predicted octanol–water partition coefficient (Wildman–Crippen LogP) is 2.03. The average Bonchev–Trinajstić information content (AvgIpc) is 3.12. The Kier molecular flexibility index (Phi) is 5.09. The van der Waals surface area contributed by atoms with Gasteiger partial charge in [0.05, 0.1) is 32.8 Å². The maximum Gasteiger partial charge on any atom is 0.173 e. The first-order chi connectivity index (χ1) is 12.7. The SMILES string of the molecule is Cc1ccccc1NC(=S)N1CC[NH+](Cc2ccc3c(c2)CCO3)CC1. The molecule has 0 atom stereocenters. The van der Waals surface area contributed by atoms with Gasteiger partial charge >= 0.3 is 0 Å². The Morgan fingerprint density at radius 1 is 1.19 bits per heavy atom. The van der Waals surface area contributed by atoms with Crippen molar-refractivity contribution in [1.29, 1.82) is 0 Å². The molecule has 5 heteroatoms. The molecule has 2 aliphatic heterocycles. The standard InChI is InChI=1S/C21H25N3OS/c1-16-4-2-3-5-19(16)22-21(26)24-11-9-23(10-12-24)15-17-6-7-20-18(14-17)8-13-25-20/h2-7,14H,8-13,15H2,1H3,(H,22,26)/p+1. The maximum atomic E-state index is 5.63. The van der Waals surface area contributed by atoms with Crippen molar-refractivity contribution in [3.05, 3.63) is 59.2 Å². The van der Waals surface area contributed by atoms with Gasteiger partial charge in [0, 0.05) is 17.7 Å². The molecule has 4 nitrogen and oxygen atoms in total. The first-order valence-electron chi connectivity index (χ1n) is 9.39. The second-order valence-electron chi connectivity index (χ2n) is 7.20. The Labute approximate surface area is 160 Å². The highest BCUT2D eigenvalue weighted by molar-refractivity contribution is 7.80. The van der Waals surface area contributed by atoms with Gasteiger partial charge in [0.1, 0.15) is 12.3 Å². The number of aryl methyl sites for hydroxylation is 1. The number of piperazine rings is 1. The number of quaternary nitrogens is 1. The third kappa shape index (κ3) is 3.84. The molecule has 2 aliphatic rings. The Morgan fingerprint density at radius 3 is 2.81 bits per heavy atom. The number of rotatable bonds is 3. The molecule has 0 bridgehead atoms. The van der Waals surface area contributed by atoms with Crippen LogP contribution in [0, 0.1) is 6.92 Å². The van der Waals surface area contributed by atoms with Gasteiger partial charge in [0.25, 0.3) is 0 Å². The summed E-state index contributed by atoms with van der Waals surface area (Å²) in [6.45, 7) is 8.25. The van der Waals surface area contributed by atoms with Crippen molar-refractivity contribution in [3.63, 3.8) is 0 Å². The summed E-state index contributed by atoms with van der Waals surface area (Å²) in [4.78, 5) is 3.92. The van der Waals surface area contributed by atoms with Crippen molar-refractivity contribution < 1.29 is 9.64 Å². The topological polar surface area (TPSA) is 28.9 Å². The monoisotopic (exact) mass is 368 g/mol. The zero-order valence-corrected chi connectivity index (χ0v) is 16.1. The van der Waals surface area contributed by atoms with Crippen LogP contribution in [0.1, 0.15) is 16.7 Å². The quantitative estimate of drug-likeness (QED) is 0.812. The molecule has 0 spiro atoms. The zero-order valence-electron chi connectivity index (χ0n) is 15.3. The molecule has 2 heterocycles. The van der Waals surface area contributed by atoms with Gasteiger partial charge in [-0.15, -0.1) is 0 Å². The lowest BCUT2D eigenvalue weighted by Crippen LogP contribution is -3.13. The summed E-state index contributed by atoms with van der Waals surface area (Å²) in [7, 11) is 0. The lowest BCUT2D eigenvalue weighted by Gasteiger charge is -2.34. The molecular weight excluding hydrogens is 342 g/mol. The summed E-state index contributed by atoms with van der Waals surface area (Å²) >= 11 is 5.63. The fraction of sp³-hybridized carbons (Fsp3) is 0.381. The molecule has 0 saturated carbocycles. The van der Waals surface area contributed by atoms with Crippen molar-refractivity contribution in [2.24, 2.45) is 0 Å². The summed E-state index contributed by atoms with van der Waals surface area (Å²) in [5.41, 5.74) is 5.11. The number of nitrogens with one attached hydrogen (secondary N) is 2. The number of anilines is 1. The normalized spacial score (nSPS) is 16.9. The van der Waals surface area contributed by atoms with Crippen molar-refractivity contribution in [2.75, 3.05) is 38.1 Å². The molecule has 136 valence electrons. The number of nitrogens with zero attached hydrogens (tertiary/aromatic N) is 1. The van der Waals surface area contributed by atoms with Crippen LogP contribution >= 0.6 is 12.2 Å². The van der Waals surface area contributed by atoms with Crippen LogP contribution < -0.4 is 15.0 Å². The summed E-state index contributed by atoms with van der Waals surface area (Å²) in [6, 6.07) is 15.0. The Hall–Kier alpha value is -2.11. The highest BCUT2D eigenvalue weighted by Gasteiger charge is 2.23. The number of hydrogen-bond acceptors (Lipinski definition) is 2. The molecule has 0 aromatic heterocycles. The van der Waals surface area contributed by atoms with Crippen molar-refractivity contribution in [1.82, 2.24) is 4.90 Å². The van der Waals surface area contributed by atoms with E-state index in [1.165, 1.54) is 16.7 Å². The maximum absolute atomic E-state index is 5.63. The van der Waals surface area contributed by atoms with Gasteiger partial charge in [-0.2, -0.15) is 0 Å². The molecule has 0 radical (unpaired) electrons. The van der Waals surface area contributed by atoms with Crippen molar-refractivity contribution in [3.8, 4) is 5.75 Å². The predicted molar refractivity (Wildman–Crippen MR) is 109 cm³/mol. The minimum absolute atomic E-state index is 0.829. The molecule has 26 heavy (non-hydrogen) atoms. The Balaban J connectivity index is 1.30. The fourth-order valence-electron chi connectivity index (χ4n) is 3.75. The number of fused-ring (bicyclic) bond motifs is 1. The summed E-state index contributed by atoms with van der Waals surface area (Å²) < 4.78 is 5.61. The lowest BCUT2D eigenvalue weighted by atomic mass is 10.1. The van der Waals surface area contributed by atoms with Crippen LogP contribution in [0.3, 0.4) is 0 Å². The van der Waals surface area contributed by atoms with Crippen LogP contribution in [-0.4, -0.2) is 42.8 Å². The van der Waals surface area contributed by atoms with E-state index in [4.69, 9.17) is 17.0 Å². The van der Waals surface area contributed by atoms with E-state index in [0.717, 1.165) is 62.3 Å². The van der Waals surface area contributed by atoms with E-state index in [1.54, 1.807) is 4.90 Å². The molecule has 1 saturated heterocycles. The Morgan fingerprint density at radius 2 is 2.00 bits per heavy atom. The van der Waals surface area contributed by atoms with E-state index in [-0.39, 0.29) is 0 Å². The van der Waals surface area contributed by atoms with E-state index in [1.807, 2.05) is 6.07 Å². The van der Waals surface area contributed by atoms with E-state index < -0.39 is 0 Å². The lowest BCUT2D eigenvalue weighted by molar-refractivity contribution is -0.917. The molecule has 2 N–H and O–H groups in total. The number of ether oxygens (including phenoxy) is 1. The van der Waals surface area contributed by atoms with Gasteiger partial charge in [0.2, 0.25) is 0 Å². The van der Waals surface area contributed by atoms with Gasteiger partial charge in [0.15, 0.2) is 5.11 Å². The number of hydrogen-bond donors (Lipinski definition) is 2. The third-order valence-electron chi connectivity index (χ3n) is 5.35. The van der Waals surface area contributed by atoms with E-state index in [9.17, 15) is 0 Å². The van der Waals surface area contributed by atoms with Gasteiger partial charge in [-0.3, -0.25) is 0 Å². The van der Waals surface area contributed by atoms with Crippen molar-refractivity contribution in [2.45, 2.75) is 19.9 Å². The molecule has 4 rings (SSSR count). The second kappa shape index (κ2) is 7.64. The first kappa shape index (κ1) is 17.3. The van der Waals surface area contributed by atoms with Crippen LogP contribution in [0.5, 0.6) is 5.75 Å². The van der Waals surface area contributed by atoms with E-state index >= 15 is 0 Å². The van der Waals surface area contributed by atoms with Crippen molar-refractivity contribution >= 4 is 23.0 Å². The third-order valence-corrected chi connectivity index (χ3v) is 5.71.